The van der Waals surface area contributed by atoms with E-state index < -0.39 is 0 Å². The molecular formula is C20H20ClF. The molecule has 0 amide bonds. The average Bonchev–Trinajstić information content (AvgIpc) is 2.52. The second-order valence-electron chi connectivity index (χ2n) is 5.38. The van der Waals surface area contributed by atoms with Crippen LogP contribution in [0.4, 0.5) is 4.39 Å². The van der Waals surface area contributed by atoms with Gasteiger partial charge in [0.2, 0.25) is 0 Å². The molecule has 2 aromatic rings. The quantitative estimate of drug-likeness (QED) is 0.469. The number of halogens is 2. The van der Waals surface area contributed by atoms with E-state index in [1.165, 1.54) is 37.3 Å². The van der Waals surface area contributed by atoms with Gasteiger partial charge in [0.25, 0.3) is 0 Å². The van der Waals surface area contributed by atoms with Crippen molar-refractivity contribution < 1.29 is 4.39 Å². The minimum Gasteiger partial charge on any atom is -0.206 e. The highest BCUT2D eigenvalue weighted by atomic mass is 35.5. The third kappa shape index (κ3) is 5.20. The van der Waals surface area contributed by atoms with Crippen LogP contribution in [0.15, 0.2) is 42.5 Å². The van der Waals surface area contributed by atoms with Crippen LogP contribution in [0.2, 0.25) is 5.02 Å². The van der Waals surface area contributed by atoms with Crippen LogP contribution in [0, 0.1) is 17.7 Å². The van der Waals surface area contributed by atoms with Gasteiger partial charge in [-0.3, -0.25) is 0 Å². The Morgan fingerprint density at radius 1 is 0.955 bits per heavy atom. The van der Waals surface area contributed by atoms with Crippen LogP contribution < -0.4 is 0 Å². The molecule has 0 bridgehead atoms. The first-order valence-electron chi connectivity index (χ1n) is 7.75. The molecule has 0 N–H and O–H groups in total. The Kier molecular flexibility index (Phi) is 6.49. The van der Waals surface area contributed by atoms with Crippen molar-refractivity contribution in [1.82, 2.24) is 0 Å². The number of hydrogen-bond acceptors (Lipinski definition) is 0. The summed E-state index contributed by atoms with van der Waals surface area (Å²) in [7, 11) is 0. The van der Waals surface area contributed by atoms with E-state index >= 15 is 0 Å². The van der Waals surface area contributed by atoms with Crippen molar-refractivity contribution in [2.75, 3.05) is 0 Å². The second-order valence-corrected chi connectivity index (χ2v) is 5.82. The molecule has 0 aliphatic rings. The number of hydrogen-bond donors (Lipinski definition) is 0. The van der Waals surface area contributed by atoms with Gasteiger partial charge in [-0.25, -0.2) is 4.39 Å². The summed E-state index contributed by atoms with van der Waals surface area (Å²) in [6.45, 7) is 2.22. The third-order valence-corrected chi connectivity index (χ3v) is 3.78. The first-order chi connectivity index (χ1) is 10.7. The van der Waals surface area contributed by atoms with E-state index in [-0.39, 0.29) is 5.82 Å². The summed E-state index contributed by atoms with van der Waals surface area (Å²) in [4.78, 5) is 0. The number of benzene rings is 2. The normalized spacial score (nSPS) is 10.1. The maximum absolute atomic E-state index is 13.6. The van der Waals surface area contributed by atoms with E-state index in [9.17, 15) is 4.39 Å². The van der Waals surface area contributed by atoms with Gasteiger partial charge in [-0.15, -0.1) is 0 Å². The Hall–Kier alpha value is -1.78. The highest BCUT2D eigenvalue weighted by Gasteiger charge is 1.99. The Bertz CT molecular complexity index is 662. The van der Waals surface area contributed by atoms with Gasteiger partial charge in [0.05, 0.1) is 5.56 Å². The minimum absolute atomic E-state index is 0.369. The largest absolute Gasteiger partial charge is 0.206 e. The zero-order valence-corrected chi connectivity index (χ0v) is 13.6. The number of unbranched alkanes of at least 4 members (excludes halogenated alkanes) is 3. The molecule has 2 rings (SSSR count). The Balaban J connectivity index is 1.98. The first-order valence-corrected chi connectivity index (χ1v) is 8.13. The lowest BCUT2D eigenvalue weighted by atomic mass is 10.0. The number of rotatable bonds is 5. The molecule has 0 saturated heterocycles. The Morgan fingerprint density at radius 2 is 1.73 bits per heavy atom. The highest BCUT2D eigenvalue weighted by molar-refractivity contribution is 6.30. The summed E-state index contributed by atoms with van der Waals surface area (Å²) in [5.74, 6) is 5.46. The topological polar surface area (TPSA) is 0 Å². The predicted octanol–water partition coefficient (Wildman–Crippen LogP) is 6.00. The molecule has 0 nitrogen and oxygen atoms in total. The smallest absolute Gasteiger partial charge is 0.140 e. The van der Waals surface area contributed by atoms with Crippen molar-refractivity contribution in [3.63, 3.8) is 0 Å². The molecule has 0 unspecified atom stereocenters. The zero-order chi connectivity index (χ0) is 15.8. The van der Waals surface area contributed by atoms with Crippen molar-refractivity contribution in [2.24, 2.45) is 0 Å². The molecule has 0 aliphatic heterocycles. The number of aryl methyl sites for hydroxylation is 1. The lowest BCUT2D eigenvalue weighted by Crippen LogP contribution is -1.86. The molecule has 0 spiro atoms. The van der Waals surface area contributed by atoms with Crippen molar-refractivity contribution in [2.45, 2.75) is 39.0 Å². The fraction of sp³-hybridized carbons (Fsp3) is 0.300. The molecule has 0 heterocycles. The van der Waals surface area contributed by atoms with E-state index in [2.05, 4.69) is 30.9 Å². The van der Waals surface area contributed by atoms with E-state index in [4.69, 9.17) is 11.6 Å². The van der Waals surface area contributed by atoms with Crippen molar-refractivity contribution >= 4 is 11.6 Å². The highest BCUT2D eigenvalue weighted by Crippen LogP contribution is 2.14. The van der Waals surface area contributed by atoms with Crippen LogP contribution >= 0.6 is 11.6 Å². The van der Waals surface area contributed by atoms with E-state index in [0.29, 0.717) is 10.6 Å². The minimum atomic E-state index is -0.382. The van der Waals surface area contributed by atoms with Gasteiger partial charge >= 0.3 is 0 Å². The van der Waals surface area contributed by atoms with Gasteiger partial charge in [-0.2, -0.15) is 0 Å². The van der Waals surface area contributed by atoms with Crippen LogP contribution in [-0.2, 0) is 6.42 Å². The maximum atomic E-state index is 13.6. The zero-order valence-electron chi connectivity index (χ0n) is 12.8. The fourth-order valence-corrected chi connectivity index (χ4v) is 2.40. The summed E-state index contributed by atoms with van der Waals surface area (Å²) in [6.07, 6.45) is 6.19. The van der Waals surface area contributed by atoms with Gasteiger partial charge in [0, 0.05) is 10.6 Å². The van der Waals surface area contributed by atoms with Gasteiger partial charge in [-0.05, 0) is 48.7 Å². The average molecular weight is 315 g/mol. The van der Waals surface area contributed by atoms with Gasteiger partial charge < -0.3 is 0 Å². The fourth-order valence-electron chi connectivity index (χ4n) is 2.24. The van der Waals surface area contributed by atoms with Crippen molar-refractivity contribution in [3.8, 4) is 11.8 Å². The summed E-state index contributed by atoms with van der Waals surface area (Å²) >= 11 is 5.72. The van der Waals surface area contributed by atoms with Crippen molar-refractivity contribution in [3.05, 3.63) is 70.0 Å². The monoisotopic (exact) mass is 314 g/mol. The van der Waals surface area contributed by atoms with Crippen LogP contribution in [0.3, 0.4) is 0 Å². The molecule has 0 saturated carbocycles. The molecule has 114 valence electrons. The Morgan fingerprint density at radius 3 is 2.41 bits per heavy atom. The second kappa shape index (κ2) is 8.61. The molecule has 0 fully saturated rings. The summed E-state index contributed by atoms with van der Waals surface area (Å²) < 4.78 is 13.6. The SMILES string of the molecule is CCCCCCc1ccc(C#Cc2ccc(Cl)cc2F)cc1. The standard InChI is InChI=1S/C20H20ClF/c1-2-3-4-5-6-16-7-9-17(10-8-16)11-12-18-13-14-19(21)15-20(18)22/h7-10,13-15H,2-6H2,1H3. The predicted molar refractivity (Wildman–Crippen MR) is 91.7 cm³/mol. The molecule has 2 aromatic carbocycles. The molecular weight excluding hydrogens is 295 g/mol. The van der Waals surface area contributed by atoms with Crippen LogP contribution in [0.5, 0.6) is 0 Å². The van der Waals surface area contributed by atoms with E-state index in [0.717, 1.165) is 12.0 Å². The third-order valence-electron chi connectivity index (χ3n) is 3.55. The molecule has 2 heteroatoms. The summed E-state index contributed by atoms with van der Waals surface area (Å²) in [5, 5.41) is 0.385. The van der Waals surface area contributed by atoms with E-state index in [1.807, 2.05) is 12.1 Å². The molecule has 0 radical (unpaired) electrons. The summed E-state index contributed by atoms with van der Waals surface area (Å²) in [5.41, 5.74) is 2.60. The van der Waals surface area contributed by atoms with Crippen molar-refractivity contribution in [1.29, 1.82) is 0 Å². The van der Waals surface area contributed by atoms with E-state index in [1.54, 1.807) is 12.1 Å². The lowest BCUT2D eigenvalue weighted by Gasteiger charge is -2.01. The van der Waals surface area contributed by atoms with Gasteiger partial charge in [0.15, 0.2) is 0 Å². The van der Waals surface area contributed by atoms with Crippen LogP contribution in [0.25, 0.3) is 0 Å². The van der Waals surface area contributed by atoms with Gasteiger partial charge in [0.1, 0.15) is 5.82 Å². The molecule has 0 atom stereocenters. The Labute approximate surface area is 137 Å². The molecule has 0 aromatic heterocycles. The van der Waals surface area contributed by atoms with Crippen LogP contribution in [0.1, 0.15) is 49.3 Å². The maximum Gasteiger partial charge on any atom is 0.140 e. The van der Waals surface area contributed by atoms with Crippen LogP contribution in [-0.4, -0.2) is 0 Å². The molecule has 0 aliphatic carbocycles. The summed E-state index contributed by atoms with van der Waals surface area (Å²) in [6, 6.07) is 12.7. The lowest BCUT2D eigenvalue weighted by molar-refractivity contribution is 0.624. The first kappa shape index (κ1) is 16.6. The molecule has 22 heavy (non-hydrogen) atoms. The van der Waals surface area contributed by atoms with Gasteiger partial charge in [-0.1, -0.05) is 61.8 Å².